The standard InChI is InChI=1S/C20H20N2O4/c1-2-13-5-3-4-6-17(13)22-12-15(11-18(22)23)19(24)21-16-9-7-14(8-10-16)20(25)26/h3-10,15H,2,11-12H2,1H3,(H,21,24)(H,25,26)/p-1/t15-/m1/s1. The van der Waals surface area contributed by atoms with Crippen molar-refractivity contribution < 1.29 is 19.5 Å². The maximum absolute atomic E-state index is 12.5. The molecule has 1 saturated heterocycles. The summed E-state index contributed by atoms with van der Waals surface area (Å²) in [6.45, 7) is 2.36. The van der Waals surface area contributed by atoms with Crippen LogP contribution in [0.5, 0.6) is 0 Å². The number of benzene rings is 2. The quantitative estimate of drug-likeness (QED) is 0.886. The fraction of sp³-hybridized carbons (Fsp3) is 0.250. The molecule has 6 nitrogen and oxygen atoms in total. The van der Waals surface area contributed by atoms with Gasteiger partial charge in [-0.15, -0.1) is 0 Å². The first-order valence-electron chi connectivity index (χ1n) is 8.50. The van der Waals surface area contributed by atoms with Crippen LogP contribution >= 0.6 is 0 Å². The molecule has 1 aliphatic heterocycles. The first-order valence-corrected chi connectivity index (χ1v) is 8.50. The van der Waals surface area contributed by atoms with E-state index in [0.29, 0.717) is 12.2 Å². The molecule has 0 bridgehead atoms. The number of hydrogen-bond acceptors (Lipinski definition) is 4. The minimum absolute atomic E-state index is 0.0430. The van der Waals surface area contributed by atoms with Crippen molar-refractivity contribution >= 4 is 29.2 Å². The van der Waals surface area contributed by atoms with E-state index in [0.717, 1.165) is 17.7 Å². The van der Waals surface area contributed by atoms with Crippen LogP contribution in [-0.4, -0.2) is 24.3 Å². The van der Waals surface area contributed by atoms with Crippen molar-refractivity contribution in [2.24, 2.45) is 5.92 Å². The van der Waals surface area contributed by atoms with Gasteiger partial charge < -0.3 is 20.1 Å². The van der Waals surface area contributed by atoms with E-state index < -0.39 is 11.9 Å². The van der Waals surface area contributed by atoms with Crippen molar-refractivity contribution in [1.82, 2.24) is 0 Å². The van der Waals surface area contributed by atoms with Crippen LogP contribution in [0.2, 0.25) is 0 Å². The summed E-state index contributed by atoms with van der Waals surface area (Å²) in [6.07, 6.45) is 0.961. The Bertz CT molecular complexity index is 845. The minimum Gasteiger partial charge on any atom is -0.545 e. The predicted molar refractivity (Wildman–Crippen MR) is 95.7 cm³/mol. The largest absolute Gasteiger partial charge is 0.545 e. The van der Waals surface area contributed by atoms with Crippen molar-refractivity contribution in [2.75, 3.05) is 16.8 Å². The Kier molecular flexibility index (Phi) is 5.02. The van der Waals surface area contributed by atoms with E-state index in [2.05, 4.69) is 5.32 Å². The summed E-state index contributed by atoms with van der Waals surface area (Å²) >= 11 is 0. The second kappa shape index (κ2) is 7.39. The molecule has 0 spiro atoms. The van der Waals surface area contributed by atoms with Gasteiger partial charge in [-0.1, -0.05) is 37.3 Å². The molecule has 0 radical (unpaired) electrons. The number of nitrogens with one attached hydrogen (secondary N) is 1. The molecule has 0 aliphatic carbocycles. The second-order valence-corrected chi connectivity index (χ2v) is 6.24. The number of hydrogen-bond donors (Lipinski definition) is 1. The Morgan fingerprint density at radius 3 is 2.50 bits per heavy atom. The fourth-order valence-corrected chi connectivity index (χ4v) is 3.12. The maximum Gasteiger partial charge on any atom is 0.229 e. The molecule has 134 valence electrons. The van der Waals surface area contributed by atoms with Gasteiger partial charge in [0.1, 0.15) is 0 Å². The molecule has 0 aromatic heterocycles. The van der Waals surface area contributed by atoms with Crippen LogP contribution in [0.3, 0.4) is 0 Å². The molecule has 3 rings (SSSR count). The lowest BCUT2D eigenvalue weighted by molar-refractivity contribution is -0.255. The zero-order chi connectivity index (χ0) is 18.7. The highest BCUT2D eigenvalue weighted by atomic mass is 16.4. The second-order valence-electron chi connectivity index (χ2n) is 6.24. The van der Waals surface area contributed by atoms with Crippen LogP contribution in [0.15, 0.2) is 48.5 Å². The number of amides is 2. The van der Waals surface area contributed by atoms with Crippen LogP contribution in [0, 0.1) is 5.92 Å². The number of carbonyl (C=O) groups is 3. The van der Waals surface area contributed by atoms with Gasteiger partial charge in [0, 0.05) is 24.3 Å². The van der Waals surface area contributed by atoms with Crippen LogP contribution in [0.1, 0.15) is 29.3 Å². The summed E-state index contributed by atoms with van der Waals surface area (Å²) in [5.74, 6) is -2.04. The van der Waals surface area contributed by atoms with Gasteiger partial charge in [-0.3, -0.25) is 9.59 Å². The fourth-order valence-electron chi connectivity index (χ4n) is 3.12. The average molecular weight is 351 g/mol. The lowest BCUT2D eigenvalue weighted by atomic mass is 10.1. The lowest BCUT2D eigenvalue weighted by Gasteiger charge is -2.20. The maximum atomic E-state index is 12.5. The summed E-state index contributed by atoms with van der Waals surface area (Å²) < 4.78 is 0. The topological polar surface area (TPSA) is 89.5 Å². The molecule has 2 aromatic rings. The number of aromatic carboxylic acids is 1. The molecule has 6 heteroatoms. The van der Waals surface area contributed by atoms with Gasteiger partial charge in [-0.05, 0) is 35.7 Å². The van der Waals surface area contributed by atoms with Crippen molar-refractivity contribution in [2.45, 2.75) is 19.8 Å². The van der Waals surface area contributed by atoms with Crippen LogP contribution in [0.4, 0.5) is 11.4 Å². The number of rotatable bonds is 5. The van der Waals surface area contributed by atoms with Gasteiger partial charge in [-0.2, -0.15) is 0 Å². The highest BCUT2D eigenvalue weighted by molar-refractivity contribution is 6.04. The molecule has 1 N–H and O–H groups in total. The molecule has 2 amide bonds. The summed E-state index contributed by atoms with van der Waals surface area (Å²) in [6, 6.07) is 13.4. The van der Waals surface area contributed by atoms with E-state index in [9.17, 15) is 19.5 Å². The van der Waals surface area contributed by atoms with Crippen LogP contribution in [0.25, 0.3) is 0 Å². The van der Waals surface area contributed by atoms with Gasteiger partial charge in [0.15, 0.2) is 0 Å². The molecule has 1 heterocycles. The number of carboxylic acid groups (broad SMARTS) is 1. The molecule has 0 saturated carbocycles. The number of carboxylic acids is 1. The monoisotopic (exact) mass is 351 g/mol. The van der Waals surface area contributed by atoms with Crippen molar-refractivity contribution in [3.05, 3.63) is 59.7 Å². The zero-order valence-electron chi connectivity index (χ0n) is 14.4. The van der Waals surface area contributed by atoms with E-state index in [4.69, 9.17) is 0 Å². The Morgan fingerprint density at radius 2 is 1.85 bits per heavy atom. The predicted octanol–water partition coefficient (Wildman–Crippen LogP) is 1.60. The van der Waals surface area contributed by atoms with Crippen molar-refractivity contribution in [3.8, 4) is 0 Å². The molecule has 26 heavy (non-hydrogen) atoms. The molecule has 1 aliphatic rings. The van der Waals surface area contributed by atoms with Crippen LogP contribution < -0.4 is 15.3 Å². The van der Waals surface area contributed by atoms with E-state index in [-0.39, 0.29) is 23.8 Å². The van der Waals surface area contributed by atoms with E-state index in [1.165, 1.54) is 24.3 Å². The molecule has 0 unspecified atom stereocenters. The first-order chi connectivity index (χ1) is 12.5. The molecule has 1 atom stereocenters. The van der Waals surface area contributed by atoms with E-state index in [1.54, 1.807) is 4.90 Å². The first kappa shape index (κ1) is 17.7. The molecule has 1 fully saturated rings. The Morgan fingerprint density at radius 1 is 1.15 bits per heavy atom. The third kappa shape index (κ3) is 3.59. The van der Waals surface area contributed by atoms with E-state index in [1.807, 2.05) is 31.2 Å². The third-order valence-electron chi connectivity index (χ3n) is 4.55. The molecule has 2 aromatic carbocycles. The Labute approximate surface area is 151 Å². The SMILES string of the molecule is CCc1ccccc1N1C[C@H](C(=O)Nc2ccc(C(=O)[O-])cc2)CC1=O. The van der Waals surface area contributed by atoms with Gasteiger partial charge in [0.25, 0.3) is 0 Å². The minimum atomic E-state index is -1.27. The van der Waals surface area contributed by atoms with Crippen molar-refractivity contribution in [3.63, 3.8) is 0 Å². The average Bonchev–Trinajstić information content (AvgIpc) is 3.04. The normalized spacial score (nSPS) is 16.6. The molecular formula is C20H19N2O4-. The highest BCUT2D eigenvalue weighted by Crippen LogP contribution is 2.29. The summed E-state index contributed by atoms with van der Waals surface area (Å²) in [5.41, 5.74) is 2.45. The lowest BCUT2D eigenvalue weighted by Crippen LogP contribution is -2.28. The van der Waals surface area contributed by atoms with Crippen molar-refractivity contribution in [1.29, 1.82) is 0 Å². The Hall–Kier alpha value is -3.15. The Balaban J connectivity index is 1.70. The number of anilines is 2. The van der Waals surface area contributed by atoms with Gasteiger partial charge >= 0.3 is 0 Å². The smallest absolute Gasteiger partial charge is 0.229 e. The summed E-state index contributed by atoms with van der Waals surface area (Å²) in [5, 5.41) is 13.5. The van der Waals surface area contributed by atoms with E-state index >= 15 is 0 Å². The third-order valence-corrected chi connectivity index (χ3v) is 4.55. The van der Waals surface area contributed by atoms with Gasteiger partial charge in [-0.25, -0.2) is 0 Å². The number of nitrogens with zero attached hydrogens (tertiary/aromatic N) is 1. The number of para-hydroxylation sites is 1. The summed E-state index contributed by atoms with van der Waals surface area (Å²) in [7, 11) is 0. The molecular weight excluding hydrogens is 332 g/mol. The zero-order valence-corrected chi connectivity index (χ0v) is 14.4. The summed E-state index contributed by atoms with van der Waals surface area (Å²) in [4.78, 5) is 37.3. The van der Waals surface area contributed by atoms with Gasteiger partial charge in [0.05, 0.1) is 11.9 Å². The van der Waals surface area contributed by atoms with Crippen LogP contribution in [-0.2, 0) is 16.0 Å². The van der Waals surface area contributed by atoms with Gasteiger partial charge in [0.2, 0.25) is 11.8 Å². The highest BCUT2D eigenvalue weighted by Gasteiger charge is 2.35. The number of carbonyl (C=O) groups excluding carboxylic acids is 3. The number of aryl methyl sites for hydroxylation is 1.